The van der Waals surface area contributed by atoms with Gasteiger partial charge in [-0.05, 0) is 19.8 Å². The maximum absolute atomic E-state index is 12.1. The van der Waals surface area contributed by atoms with Gasteiger partial charge in [-0.3, -0.25) is 19.3 Å². The topological polar surface area (TPSA) is 87.5 Å². The standard InChI is InChI=1S/C14H16N2O4/c1-9(8-15)20-12(17)6-7-16-13(18)10-4-2-3-5-11(10)14(16)19/h2-3,9-11H,4-7H2,1H3/t9-,10-,11+/m1/s1. The monoisotopic (exact) mass is 276 g/mol. The van der Waals surface area contributed by atoms with Gasteiger partial charge in [-0.25, -0.2) is 0 Å². The molecule has 1 saturated heterocycles. The zero-order chi connectivity index (χ0) is 14.7. The van der Waals surface area contributed by atoms with Gasteiger partial charge in [-0.2, -0.15) is 5.26 Å². The second-order valence-electron chi connectivity index (χ2n) is 5.00. The Balaban J connectivity index is 1.91. The van der Waals surface area contributed by atoms with E-state index in [-0.39, 0.29) is 36.6 Å². The highest BCUT2D eigenvalue weighted by atomic mass is 16.5. The summed E-state index contributed by atoms with van der Waals surface area (Å²) in [5, 5.41) is 8.53. The van der Waals surface area contributed by atoms with Crippen LogP contribution < -0.4 is 0 Å². The number of allylic oxidation sites excluding steroid dienone is 2. The van der Waals surface area contributed by atoms with Crippen molar-refractivity contribution in [1.29, 1.82) is 5.26 Å². The molecule has 3 atom stereocenters. The van der Waals surface area contributed by atoms with Gasteiger partial charge in [0.05, 0.1) is 18.3 Å². The van der Waals surface area contributed by atoms with Crippen molar-refractivity contribution in [1.82, 2.24) is 4.90 Å². The van der Waals surface area contributed by atoms with E-state index in [1.54, 1.807) is 6.07 Å². The Kier molecular flexibility index (Phi) is 4.18. The summed E-state index contributed by atoms with van der Waals surface area (Å²) in [6.07, 6.45) is 4.11. The van der Waals surface area contributed by atoms with Gasteiger partial charge in [0.1, 0.15) is 6.07 Å². The molecular formula is C14H16N2O4. The predicted molar refractivity (Wildman–Crippen MR) is 67.9 cm³/mol. The average molecular weight is 276 g/mol. The van der Waals surface area contributed by atoms with E-state index < -0.39 is 12.1 Å². The fourth-order valence-corrected chi connectivity index (χ4v) is 2.57. The number of imide groups is 1. The molecule has 20 heavy (non-hydrogen) atoms. The van der Waals surface area contributed by atoms with E-state index >= 15 is 0 Å². The first-order chi connectivity index (χ1) is 9.54. The van der Waals surface area contributed by atoms with Crippen molar-refractivity contribution in [3.63, 3.8) is 0 Å². The molecule has 1 aliphatic heterocycles. The lowest BCUT2D eigenvalue weighted by atomic mass is 9.85. The highest BCUT2D eigenvalue weighted by Gasteiger charge is 2.46. The van der Waals surface area contributed by atoms with Crippen LogP contribution in [0.4, 0.5) is 0 Å². The van der Waals surface area contributed by atoms with Crippen molar-refractivity contribution in [2.75, 3.05) is 6.54 Å². The Bertz CT molecular complexity index is 480. The summed E-state index contributed by atoms with van der Waals surface area (Å²) in [7, 11) is 0. The summed E-state index contributed by atoms with van der Waals surface area (Å²) < 4.78 is 4.79. The number of nitriles is 1. The number of ether oxygens (including phenoxy) is 1. The first kappa shape index (κ1) is 14.3. The lowest BCUT2D eigenvalue weighted by molar-refractivity contribution is -0.147. The molecule has 1 heterocycles. The number of rotatable bonds is 4. The molecule has 0 aromatic heterocycles. The number of hydrogen-bond donors (Lipinski definition) is 0. The highest BCUT2D eigenvalue weighted by Crippen LogP contribution is 2.34. The maximum Gasteiger partial charge on any atom is 0.308 e. The first-order valence-electron chi connectivity index (χ1n) is 6.64. The van der Waals surface area contributed by atoms with E-state index in [1.807, 2.05) is 12.2 Å². The lowest BCUT2D eigenvalue weighted by Gasteiger charge is -2.14. The number of fused-ring (bicyclic) bond motifs is 1. The second kappa shape index (κ2) is 5.87. The van der Waals surface area contributed by atoms with Gasteiger partial charge >= 0.3 is 5.97 Å². The molecule has 0 unspecified atom stereocenters. The fourth-order valence-electron chi connectivity index (χ4n) is 2.57. The molecular weight excluding hydrogens is 260 g/mol. The van der Waals surface area contributed by atoms with Crippen LogP contribution in [0.5, 0.6) is 0 Å². The number of likely N-dealkylation sites (tertiary alicyclic amines) is 1. The number of hydrogen-bond acceptors (Lipinski definition) is 5. The molecule has 106 valence electrons. The quantitative estimate of drug-likeness (QED) is 0.430. The summed E-state index contributed by atoms with van der Waals surface area (Å²) >= 11 is 0. The van der Waals surface area contributed by atoms with Crippen LogP contribution in [0.1, 0.15) is 26.2 Å². The van der Waals surface area contributed by atoms with Crippen molar-refractivity contribution in [3.05, 3.63) is 12.2 Å². The van der Waals surface area contributed by atoms with Crippen LogP contribution in [0.2, 0.25) is 0 Å². The molecule has 0 bridgehead atoms. The van der Waals surface area contributed by atoms with Gasteiger partial charge in [0.15, 0.2) is 6.10 Å². The third-order valence-corrected chi connectivity index (χ3v) is 3.63. The Morgan fingerprint density at radius 1 is 1.40 bits per heavy atom. The van der Waals surface area contributed by atoms with Crippen LogP contribution in [0.15, 0.2) is 12.2 Å². The molecule has 2 rings (SSSR count). The Hall–Kier alpha value is -2.16. The van der Waals surface area contributed by atoms with Crippen LogP contribution >= 0.6 is 0 Å². The summed E-state index contributed by atoms with van der Waals surface area (Å²) in [5.74, 6) is -1.54. The van der Waals surface area contributed by atoms with E-state index in [4.69, 9.17) is 10.00 Å². The van der Waals surface area contributed by atoms with Crippen LogP contribution in [0.3, 0.4) is 0 Å². The zero-order valence-corrected chi connectivity index (χ0v) is 11.2. The van der Waals surface area contributed by atoms with E-state index in [1.165, 1.54) is 6.92 Å². The molecule has 0 aromatic carbocycles. The number of amides is 2. The van der Waals surface area contributed by atoms with Crippen molar-refractivity contribution in [2.45, 2.75) is 32.3 Å². The van der Waals surface area contributed by atoms with E-state index in [9.17, 15) is 14.4 Å². The fraction of sp³-hybridized carbons (Fsp3) is 0.571. The van der Waals surface area contributed by atoms with Crippen LogP contribution in [0, 0.1) is 23.2 Å². The second-order valence-corrected chi connectivity index (χ2v) is 5.00. The number of esters is 1. The third-order valence-electron chi connectivity index (χ3n) is 3.63. The largest absolute Gasteiger partial charge is 0.447 e. The highest BCUT2D eigenvalue weighted by molar-refractivity contribution is 6.05. The smallest absolute Gasteiger partial charge is 0.308 e. The van der Waals surface area contributed by atoms with Gasteiger partial charge in [-0.15, -0.1) is 0 Å². The van der Waals surface area contributed by atoms with Crippen molar-refractivity contribution >= 4 is 17.8 Å². The normalized spacial score (nSPS) is 26.1. The molecule has 0 spiro atoms. The Morgan fingerprint density at radius 2 is 1.95 bits per heavy atom. The number of nitrogens with zero attached hydrogens (tertiary/aromatic N) is 2. The van der Waals surface area contributed by atoms with Gasteiger partial charge < -0.3 is 4.74 Å². The summed E-state index contributed by atoms with van der Waals surface area (Å²) in [5.41, 5.74) is 0. The molecule has 0 N–H and O–H groups in total. The predicted octanol–water partition coefficient (Wildman–Crippen LogP) is 0.783. The van der Waals surface area contributed by atoms with Crippen molar-refractivity contribution in [3.8, 4) is 6.07 Å². The first-order valence-corrected chi connectivity index (χ1v) is 6.64. The number of carbonyl (C=O) groups excluding carboxylic acids is 3. The molecule has 0 radical (unpaired) electrons. The minimum absolute atomic E-state index is 0.0294. The molecule has 0 saturated carbocycles. The SMILES string of the molecule is C[C@H](C#N)OC(=O)CCN1C(=O)[C@H]2CC=CC[C@H]2C1=O. The molecule has 2 aliphatic rings. The minimum Gasteiger partial charge on any atom is -0.447 e. The van der Waals surface area contributed by atoms with Crippen LogP contribution in [0.25, 0.3) is 0 Å². The van der Waals surface area contributed by atoms with Gasteiger partial charge in [0, 0.05) is 6.54 Å². The molecule has 6 nitrogen and oxygen atoms in total. The van der Waals surface area contributed by atoms with E-state index in [2.05, 4.69) is 0 Å². The molecule has 0 aromatic rings. The maximum atomic E-state index is 12.1. The van der Waals surface area contributed by atoms with E-state index in [0.29, 0.717) is 12.8 Å². The van der Waals surface area contributed by atoms with Gasteiger partial charge in [0.2, 0.25) is 11.8 Å². The average Bonchev–Trinajstić information content (AvgIpc) is 2.69. The van der Waals surface area contributed by atoms with Gasteiger partial charge in [-0.1, -0.05) is 12.2 Å². The molecule has 6 heteroatoms. The van der Waals surface area contributed by atoms with Crippen LogP contribution in [-0.2, 0) is 19.1 Å². The van der Waals surface area contributed by atoms with Gasteiger partial charge in [0.25, 0.3) is 0 Å². The Morgan fingerprint density at radius 3 is 2.45 bits per heavy atom. The zero-order valence-electron chi connectivity index (χ0n) is 11.2. The molecule has 1 aliphatic carbocycles. The Labute approximate surface area is 117 Å². The number of carbonyl (C=O) groups is 3. The summed E-state index contributed by atoms with van der Waals surface area (Å²) in [4.78, 5) is 36.8. The van der Waals surface area contributed by atoms with Crippen molar-refractivity contribution in [2.24, 2.45) is 11.8 Å². The van der Waals surface area contributed by atoms with E-state index in [0.717, 1.165) is 4.90 Å². The molecule has 1 fully saturated rings. The van der Waals surface area contributed by atoms with Crippen molar-refractivity contribution < 1.29 is 19.1 Å². The lowest BCUT2D eigenvalue weighted by Crippen LogP contribution is -2.33. The third kappa shape index (κ3) is 2.72. The summed E-state index contributed by atoms with van der Waals surface area (Å²) in [6, 6.07) is 1.78. The molecule has 2 amide bonds. The minimum atomic E-state index is -0.820. The summed E-state index contributed by atoms with van der Waals surface area (Å²) in [6.45, 7) is 1.49. The van der Waals surface area contributed by atoms with Crippen LogP contribution in [-0.4, -0.2) is 35.3 Å².